The van der Waals surface area contributed by atoms with Gasteiger partial charge >= 0.3 is 5.97 Å². The average molecular weight is 401 g/mol. The van der Waals surface area contributed by atoms with Crippen LogP contribution in [-0.2, 0) is 16.1 Å². The lowest BCUT2D eigenvalue weighted by Gasteiger charge is -2.35. The number of fused-ring (bicyclic) bond motifs is 1. The molecule has 1 atom stereocenters. The molecule has 7 nitrogen and oxygen atoms in total. The van der Waals surface area contributed by atoms with Gasteiger partial charge in [-0.05, 0) is 30.8 Å². The molecule has 7 heteroatoms. The first-order chi connectivity index (χ1) is 14.7. The van der Waals surface area contributed by atoms with E-state index < -0.39 is 11.9 Å². The summed E-state index contributed by atoms with van der Waals surface area (Å²) in [7, 11) is 2.08. The number of carbonyl (C=O) groups is 1. The lowest BCUT2D eigenvalue weighted by molar-refractivity contribution is -0.145. The van der Waals surface area contributed by atoms with E-state index in [2.05, 4.69) is 32.9 Å². The summed E-state index contributed by atoms with van der Waals surface area (Å²) in [6.07, 6.45) is 1.72. The Labute approximate surface area is 175 Å². The monoisotopic (exact) mass is 401 g/mol. The minimum absolute atomic E-state index is 0.122. The summed E-state index contributed by atoms with van der Waals surface area (Å²) in [6, 6.07) is 17.1. The second kappa shape index (κ2) is 8.89. The fourth-order valence-electron chi connectivity index (χ4n) is 3.56. The van der Waals surface area contributed by atoms with E-state index in [9.17, 15) is 10.1 Å². The zero-order chi connectivity index (χ0) is 20.9. The normalized spacial score (nSPS) is 15.5. The Morgan fingerprint density at radius 2 is 1.90 bits per heavy atom. The van der Waals surface area contributed by atoms with Crippen molar-refractivity contribution in [1.82, 2.24) is 14.9 Å². The summed E-state index contributed by atoms with van der Waals surface area (Å²) in [5.74, 6) is -1.69. The number of piperazine rings is 1. The largest absolute Gasteiger partial charge is 0.460 e. The molecule has 1 unspecified atom stereocenters. The highest BCUT2D eigenvalue weighted by Crippen LogP contribution is 2.31. The quantitative estimate of drug-likeness (QED) is 0.608. The number of hydrogen-bond donors (Lipinski definition) is 0. The molecule has 0 amide bonds. The molecule has 1 aliphatic heterocycles. The molecule has 30 heavy (non-hydrogen) atoms. The second-order valence-corrected chi connectivity index (χ2v) is 7.38. The SMILES string of the molecule is CN1CCN(c2cc3ncccc3nc2C(C#N)C(=O)OCc2ccccc2)CC1. The van der Waals surface area contributed by atoms with Gasteiger partial charge < -0.3 is 14.5 Å². The smallest absolute Gasteiger partial charge is 0.329 e. The first kappa shape index (κ1) is 19.8. The number of ether oxygens (including phenoxy) is 1. The molecule has 0 bridgehead atoms. The molecule has 3 aromatic rings. The first-order valence-corrected chi connectivity index (χ1v) is 9.95. The highest BCUT2D eigenvalue weighted by molar-refractivity contribution is 5.87. The summed E-state index contributed by atoms with van der Waals surface area (Å²) in [5, 5.41) is 9.85. The molecular formula is C23H23N5O2. The van der Waals surface area contributed by atoms with Crippen LogP contribution in [0.1, 0.15) is 17.2 Å². The summed E-state index contributed by atoms with van der Waals surface area (Å²) < 4.78 is 5.46. The number of nitrogens with zero attached hydrogens (tertiary/aromatic N) is 5. The maximum atomic E-state index is 12.8. The molecule has 2 aromatic heterocycles. The van der Waals surface area contributed by atoms with Crippen LogP contribution in [0.25, 0.3) is 11.0 Å². The molecule has 0 N–H and O–H groups in total. The number of esters is 1. The maximum absolute atomic E-state index is 12.8. The van der Waals surface area contributed by atoms with Gasteiger partial charge in [0.25, 0.3) is 0 Å². The van der Waals surface area contributed by atoms with Crippen LogP contribution in [0.15, 0.2) is 54.7 Å². The van der Waals surface area contributed by atoms with E-state index in [0.717, 1.165) is 42.9 Å². The molecule has 1 fully saturated rings. The number of likely N-dealkylation sites (N-methyl/N-ethyl adjacent to an activating group) is 1. The minimum atomic E-state index is -1.10. The lowest BCUT2D eigenvalue weighted by atomic mass is 10.0. The van der Waals surface area contributed by atoms with Crippen molar-refractivity contribution in [3.63, 3.8) is 0 Å². The van der Waals surface area contributed by atoms with E-state index in [0.29, 0.717) is 11.2 Å². The Kier molecular flexibility index (Phi) is 5.87. The standard InChI is InChI=1S/C23H23N5O2/c1-27-10-12-28(13-11-27)21-14-20-19(8-5-9-25-20)26-22(21)18(15-24)23(29)30-16-17-6-3-2-4-7-17/h2-9,14,18H,10-13,16H2,1H3. The van der Waals surface area contributed by atoms with Gasteiger partial charge in [0.1, 0.15) is 6.61 Å². The van der Waals surface area contributed by atoms with Crippen LogP contribution < -0.4 is 4.90 Å². The van der Waals surface area contributed by atoms with Crippen molar-refractivity contribution in [2.45, 2.75) is 12.5 Å². The fraction of sp³-hybridized carbons (Fsp3) is 0.304. The van der Waals surface area contributed by atoms with Gasteiger partial charge in [-0.2, -0.15) is 5.26 Å². The van der Waals surface area contributed by atoms with E-state index >= 15 is 0 Å². The second-order valence-electron chi connectivity index (χ2n) is 7.38. The van der Waals surface area contributed by atoms with Crippen LogP contribution in [0.3, 0.4) is 0 Å². The van der Waals surface area contributed by atoms with Crippen molar-refractivity contribution < 1.29 is 9.53 Å². The Bertz CT molecular complexity index is 1070. The van der Waals surface area contributed by atoms with Gasteiger partial charge in [-0.25, -0.2) is 4.98 Å². The fourth-order valence-corrected chi connectivity index (χ4v) is 3.56. The van der Waals surface area contributed by atoms with Crippen molar-refractivity contribution in [3.8, 4) is 6.07 Å². The molecule has 152 valence electrons. The van der Waals surface area contributed by atoms with Crippen LogP contribution in [0.4, 0.5) is 5.69 Å². The Morgan fingerprint density at radius 3 is 2.63 bits per heavy atom. The van der Waals surface area contributed by atoms with Crippen LogP contribution in [-0.4, -0.2) is 54.1 Å². The number of anilines is 1. The molecule has 1 aliphatic rings. The van der Waals surface area contributed by atoms with Gasteiger partial charge in [0.2, 0.25) is 0 Å². The molecule has 3 heterocycles. The van der Waals surface area contributed by atoms with Gasteiger partial charge in [0, 0.05) is 32.4 Å². The maximum Gasteiger partial charge on any atom is 0.329 e. The highest BCUT2D eigenvalue weighted by Gasteiger charge is 2.30. The average Bonchev–Trinajstić information content (AvgIpc) is 2.79. The van der Waals surface area contributed by atoms with Crippen LogP contribution in [0, 0.1) is 11.3 Å². The van der Waals surface area contributed by atoms with Gasteiger partial charge in [0.15, 0.2) is 5.92 Å². The summed E-state index contributed by atoms with van der Waals surface area (Å²) in [5.41, 5.74) is 3.47. The third-order valence-corrected chi connectivity index (χ3v) is 5.30. The molecule has 1 saturated heterocycles. The number of aromatic nitrogens is 2. The molecule has 4 rings (SSSR count). The van der Waals surface area contributed by atoms with Crippen molar-refractivity contribution in [1.29, 1.82) is 5.26 Å². The van der Waals surface area contributed by atoms with Crippen LogP contribution >= 0.6 is 0 Å². The highest BCUT2D eigenvalue weighted by atomic mass is 16.5. The molecule has 0 spiro atoms. The van der Waals surface area contributed by atoms with E-state index in [1.807, 2.05) is 42.5 Å². The molecular weight excluding hydrogens is 378 g/mol. The summed E-state index contributed by atoms with van der Waals surface area (Å²) >= 11 is 0. The minimum Gasteiger partial charge on any atom is -0.460 e. The third kappa shape index (κ3) is 4.24. The predicted octanol–water partition coefficient (Wildman–Crippen LogP) is 2.73. The van der Waals surface area contributed by atoms with Gasteiger partial charge in [-0.15, -0.1) is 0 Å². The summed E-state index contributed by atoms with van der Waals surface area (Å²) in [4.78, 5) is 26.3. The number of nitriles is 1. The van der Waals surface area contributed by atoms with E-state index in [4.69, 9.17) is 4.74 Å². The number of benzene rings is 1. The van der Waals surface area contributed by atoms with E-state index in [-0.39, 0.29) is 6.61 Å². The predicted molar refractivity (Wildman–Crippen MR) is 114 cm³/mol. The Morgan fingerprint density at radius 1 is 1.13 bits per heavy atom. The zero-order valence-electron chi connectivity index (χ0n) is 16.9. The number of pyridine rings is 2. The van der Waals surface area contributed by atoms with Crippen LogP contribution in [0.5, 0.6) is 0 Å². The summed E-state index contributed by atoms with van der Waals surface area (Å²) in [6.45, 7) is 3.50. The van der Waals surface area contributed by atoms with Gasteiger partial charge in [0.05, 0.1) is 28.5 Å². The molecule has 0 saturated carbocycles. The third-order valence-electron chi connectivity index (χ3n) is 5.30. The van der Waals surface area contributed by atoms with Crippen LogP contribution in [0.2, 0.25) is 0 Å². The van der Waals surface area contributed by atoms with Crippen molar-refractivity contribution in [3.05, 3.63) is 66.0 Å². The van der Waals surface area contributed by atoms with E-state index in [1.165, 1.54) is 0 Å². The molecule has 0 radical (unpaired) electrons. The molecule has 0 aliphatic carbocycles. The lowest BCUT2D eigenvalue weighted by Crippen LogP contribution is -2.45. The first-order valence-electron chi connectivity index (χ1n) is 9.95. The van der Waals surface area contributed by atoms with Crippen molar-refractivity contribution in [2.75, 3.05) is 38.1 Å². The van der Waals surface area contributed by atoms with E-state index in [1.54, 1.807) is 12.3 Å². The number of carbonyl (C=O) groups excluding carboxylic acids is 1. The Balaban J connectivity index is 1.66. The van der Waals surface area contributed by atoms with Gasteiger partial charge in [-0.3, -0.25) is 9.78 Å². The van der Waals surface area contributed by atoms with Gasteiger partial charge in [-0.1, -0.05) is 30.3 Å². The Hall–Kier alpha value is -3.50. The van der Waals surface area contributed by atoms with Crippen molar-refractivity contribution in [2.24, 2.45) is 0 Å². The molecule has 1 aromatic carbocycles. The topological polar surface area (TPSA) is 82.4 Å². The number of rotatable bonds is 5. The zero-order valence-corrected chi connectivity index (χ0v) is 16.9. The van der Waals surface area contributed by atoms with Crippen molar-refractivity contribution >= 4 is 22.7 Å². The number of hydrogen-bond acceptors (Lipinski definition) is 7.